The minimum atomic E-state index is -0.636. The maximum atomic E-state index is 13.1. The van der Waals surface area contributed by atoms with Gasteiger partial charge in [-0.05, 0) is 133 Å². The van der Waals surface area contributed by atoms with Crippen LogP contribution in [0.3, 0.4) is 0 Å². The molecule has 0 aromatic heterocycles. The van der Waals surface area contributed by atoms with Crippen LogP contribution in [0.25, 0.3) is 6.08 Å². The Bertz CT molecular complexity index is 1270. The quantitative estimate of drug-likeness (QED) is 0.350. The van der Waals surface area contributed by atoms with Gasteiger partial charge in [-0.1, -0.05) is 82.7 Å². The van der Waals surface area contributed by atoms with Crippen molar-refractivity contribution in [1.29, 1.82) is 0 Å². The monoisotopic (exact) mass is 578 g/mol. The summed E-state index contributed by atoms with van der Waals surface area (Å²) in [5.74, 6) is 1.29. The molecule has 0 radical (unpaired) electrons. The van der Waals surface area contributed by atoms with Gasteiger partial charge in [-0.2, -0.15) is 0 Å². The van der Waals surface area contributed by atoms with E-state index in [1.165, 1.54) is 19.3 Å². The van der Waals surface area contributed by atoms with Crippen LogP contribution in [0.1, 0.15) is 104 Å². The Balaban J connectivity index is 1.35. The molecule has 6 rings (SSSR count). The van der Waals surface area contributed by atoms with Gasteiger partial charge in [0.15, 0.2) is 0 Å². The summed E-state index contributed by atoms with van der Waals surface area (Å²) in [5.41, 5.74) is 1.94. The number of benzene rings is 1. The fourth-order valence-electron chi connectivity index (χ4n) is 12.3. The number of hydrogen-bond acceptors (Lipinski definition) is 2. The van der Waals surface area contributed by atoms with Crippen LogP contribution in [0, 0.1) is 56.7 Å². The second-order valence-electron chi connectivity index (χ2n) is 16.1. The average Bonchev–Trinajstić information content (AvgIpc) is 3.31. The molecule has 0 spiro atoms. The summed E-state index contributed by atoms with van der Waals surface area (Å²) in [4.78, 5) is 13.1. The Morgan fingerprint density at radius 2 is 1.68 bits per heavy atom. The Morgan fingerprint density at radius 3 is 2.39 bits per heavy atom. The summed E-state index contributed by atoms with van der Waals surface area (Å²) < 4.78 is 0. The smallest absolute Gasteiger partial charge is 0.309 e. The van der Waals surface area contributed by atoms with Crippen molar-refractivity contribution in [2.45, 2.75) is 105 Å². The maximum absolute atomic E-state index is 13.1. The zero-order chi connectivity index (χ0) is 29.6. The number of rotatable bonds is 4. The second-order valence-corrected chi connectivity index (χ2v) is 16.6. The Morgan fingerprint density at radius 1 is 0.927 bits per heavy atom. The molecule has 5 fully saturated rings. The highest BCUT2D eigenvalue weighted by molar-refractivity contribution is 6.30. The highest BCUT2D eigenvalue weighted by atomic mass is 35.5. The van der Waals surface area contributed by atoms with E-state index >= 15 is 0 Å². The lowest BCUT2D eigenvalue weighted by Crippen LogP contribution is -2.67. The summed E-state index contributed by atoms with van der Waals surface area (Å²) in [6.07, 6.45) is 14.2. The van der Waals surface area contributed by atoms with E-state index < -0.39 is 11.4 Å². The molecule has 10 atom stereocenters. The first-order valence-electron chi connectivity index (χ1n) is 16.2. The normalized spacial score (nSPS) is 46.7. The number of aliphatic carboxylic acids is 1. The first kappa shape index (κ1) is 29.5. The summed E-state index contributed by atoms with van der Waals surface area (Å²) in [6, 6.07) is 7.86. The lowest BCUT2D eigenvalue weighted by atomic mass is 9.32. The van der Waals surface area contributed by atoms with Crippen molar-refractivity contribution in [2.75, 3.05) is 0 Å². The van der Waals surface area contributed by atoms with Crippen LogP contribution >= 0.6 is 11.6 Å². The number of carboxylic acids is 1. The van der Waals surface area contributed by atoms with Crippen LogP contribution < -0.4 is 0 Å². The molecule has 1 aromatic rings. The zero-order valence-electron chi connectivity index (χ0n) is 25.9. The van der Waals surface area contributed by atoms with Gasteiger partial charge in [0, 0.05) is 5.02 Å². The zero-order valence-corrected chi connectivity index (χ0v) is 26.6. The second kappa shape index (κ2) is 9.71. The van der Waals surface area contributed by atoms with Gasteiger partial charge >= 0.3 is 5.97 Å². The molecule has 0 unspecified atom stereocenters. The van der Waals surface area contributed by atoms with Gasteiger partial charge in [0.1, 0.15) is 0 Å². The van der Waals surface area contributed by atoms with Crippen molar-refractivity contribution in [3.8, 4) is 0 Å². The molecule has 224 valence electrons. The first-order chi connectivity index (χ1) is 19.2. The Labute approximate surface area is 252 Å². The SMILES string of the molecule is C=C(/C=C/c1cccc(Cl)c1)[C@@H]1CC[C@]2(C(=O)O)CC[C@]3(C)[C@H](CC[C@@H]4[C@@]5(C)CC[C@H](O)C(C)(C)[C@@H]5CC[C@]43C)[C@@H]12. The maximum Gasteiger partial charge on any atom is 0.309 e. The number of carboxylic acid groups (broad SMARTS) is 1. The fourth-order valence-corrected chi connectivity index (χ4v) is 12.5. The number of carbonyl (C=O) groups is 1. The van der Waals surface area contributed by atoms with Gasteiger partial charge in [-0.3, -0.25) is 4.79 Å². The molecular formula is C37H51ClO3. The highest BCUT2D eigenvalue weighted by Crippen LogP contribution is 2.77. The molecule has 4 heteroatoms. The molecule has 5 saturated carbocycles. The molecule has 3 nitrogen and oxygen atoms in total. The Kier molecular flexibility index (Phi) is 6.99. The summed E-state index contributed by atoms with van der Waals surface area (Å²) in [6.45, 7) is 16.9. The molecule has 41 heavy (non-hydrogen) atoms. The number of allylic oxidation sites excluding steroid dienone is 2. The van der Waals surface area contributed by atoms with Gasteiger partial charge in [0.05, 0.1) is 11.5 Å². The minimum absolute atomic E-state index is 0.0548. The van der Waals surface area contributed by atoms with Crippen molar-refractivity contribution in [3.05, 3.63) is 53.1 Å². The third-order valence-corrected chi connectivity index (χ3v) is 14.9. The molecule has 1 aromatic carbocycles. The lowest BCUT2D eigenvalue weighted by molar-refractivity contribution is -0.248. The van der Waals surface area contributed by atoms with Crippen LogP contribution in [-0.2, 0) is 4.79 Å². The highest BCUT2D eigenvalue weighted by Gasteiger charge is 2.72. The number of halogens is 1. The van der Waals surface area contributed by atoms with Gasteiger partial charge < -0.3 is 10.2 Å². The summed E-state index contributed by atoms with van der Waals surface area (Å²) >= 11 is 6.23. The van der Waals surface area contributed by atoms with E-state index in [9.17, 15) is 15.0 Å². The number of fused-ring (bicyclic) bond motifs is 7. The lowest BCUT2D eigenvalue weighted by Gasteiger charge is -2.72. The fraction of sp³-hybridized carbons (Fsp3) is 0.703. The van der Waals surface area contributed by atoms with Crippen molar-refractivity contribution < 1.29 is 15.0 Å². The van der Waals surface area contributed by atoms with E-state index in [0.29, 0.717) is 17.8 Å². The van der Waals surface area contributed by atoms with E-state index in [2.05, 4.69) is 53.3 Å². The molecule has 5 aliphatic rings. The van der Waals surface area contributed by atoms with E-state index in [1.54, 1.807) is 0 Å². The predicted molar refractivity (Wildman–Crippen MR) is 167 cm³/mol. The van der Waals surface area contributed by atoms with Crippen LogP contribution in [0.5, 0.6) is 0 Å². The van der Waals surface area contributed by atoms with Crippen molar-refractivity contribution in [1.82, 2.24) is 0 Å². The van der Waals surface area contributed by atoms with E-state index in [1.807, 2.05) is 24.3 Å². The molecule has 0 amide bonds. The molecule has 5 aliphatic carbocycles. The third kappa shape index (κ3) is 4.03. The van der Waals surface area contributed by atoms with Gasteiger partial charge in [-0.15, -0.1) is 0 Å². The molecule has 0 heterocycles. The van der Waals surface area contributed by atoms with Crippen molar-refractivity contribution in [2.24, 2.45) is 56.7 Å². The van der Waals surface area contributed by atoms with Gasteiger partial charge in [0.25, 0.3) is 0 Å². The topological polar surface area (TPSA) is 57.5 Å². The van der Waals surface area contributed by atoms with E-state index in [-0.39, 0.29) is 39.6 Å². The van der Waals surface area contributed by atoms with Crippen LogP contribution in [0.15, 0.2) is 42.5 Å². The van der Waals surface area contributed by atoms with E-state index in [0.717, 1.165) is 61.1 Å². The van der Waals surface area contributed by atoms with Crippen molar-refractivity contribution >= 4 is 23.6 Å². The van der Waals surface area contributed by atoms with Gasteiger partial charge in [0.2, 0.25) is 0 Å². The largest absolute Gasteiger partial charge is 0.481 e. The van der Waals surface area contributed by atoms with Gasteiger partial charge in [-0.25, -0.2) is 0 Å². The summed E-state index contributed by atoms with van der Waals surface area (Å²) in [7, 11) is 0. The average molecular weight is 579 g/mol. The van der Waals surface area contributed by atoms with E-state index in [4.69, 9.17) is 11.6 Å². The number of aliphatic hydroxyl groups excluding tert-OH is 1. The van der Waals surface area contributed by atoms with Crippen molar-refractivity contribution in [3.63, 3.8) is 0 Å². The first-order valence-corrected chi connectivity index (χ1v) is 16.6. The molecule has 2 N–H and O–H groups in total. The third-order valence-electron chi connectivity index (χ3n) is 14.7. The molecular weight excluding hydrogens is 528 g/mol. The summed E-state index contributed by atoms with van der Waals surface area (Å²) in [5, 5.41) is 22.5. The molecule has 0 bridgehead atoms. The molecule has 0 aliphatic heterocycles. The Hall–Kier alpha value is -1.58. The predicted octanol–water partition coefficient (Wildman–Crippen LogP) is 9.44. The van der Waals surface area contributed by atoms with Crippen LogP contribution in [0.4, 0.5) is 0 Å². The number of hydrogen-bond donors (Lipinski definition) is 2. The van der Waals surface area contributed by atoms with Crippen LogP contribution in [-0.4, -0.2) is 22.3 Å². The minimum Gasteiger partial charge on any atom is -0.481 e. The van der Waals surface area contributed by atoms with Crippen LogP contribution in [0.2, 0.25) is 5.02 Å². The number of aliphatic hydroxyl groups is 1. The molecule has 0 saturated heterocycles. The standard InChI is InChI=1S/C37H51ClO3/c1-23(10-11-24-8-7-9-25(38)22-24)26-14-19-37(32(40)41)21-20-35(5)27(31(26)37)12-13-29-34(4)17-16-30(39)33(2,3)28(34)15-18-36(29,35)6/h7-11,22,26-31,39H,1,12-21H2,2-6H3,(H,40,41)/b11-10+/t26-,27+,28-,29+,30-,31+,34-,35+,36+,37-/m0/s1.